The third kappa shape index (κ3) is 4.36. The molecule has 0 unspecified atom stereocenters. The molecule has 20 heavy (non-hydrogen) atoms. The van der Waals surface area contributed by atoms with Crippen LogP contribution in [0.3, 0.4) is 0 Å². The monoisotopic (exact) mass is 369 g/mol. The average molecular weight is 370 g/mol. The predicted octanol–water partition coefficient (Wildman–Crippen LogP) is 4.57. The van der Waals surface area contributed by atoms with Gasteiger partial charge in [-0.2, -0.15) is 0 Å². The number of carbonyl (C=O) groups excluding carboxylic acids is 1. The highest BCUT2D eigenvalue weighted by Gasteiger charge is 2.11. The van der Waals surface area contributed by atoms with Crippen LogP contribution in [-0.4, -0.2) is 23.6 Å². The third-order valence-corrected chi connectivity index (χ3v) is 5.40. The summed E-state index contributed by atoms with van der Waals surface area (Å²) in [5.74, 6) is 0.635. The van der Waals surface area contributed by atoms with E-state index in [-0.39, 0.29) is 5.91 Å². The van der Waals surface area contributed by atoms with Gasteiger partial charge in [0.1, 0.15) is 0 Å². The van der Waals surface area contributed by atoms with Crippen molar-refractivity contribution in [3.05, 3.63) is 50.6 Å². The van der Waals surface area contributed by atoms with Gasteiger partial charge in [0.05, 0.1) is 12.3 Å². The summed E-state index contributed by atoms with van der Waals surface area (Å²) in [5, 5.41) is 2.04. The molecule has 2 nitrogen and oxygen atoms in total. The van der Waals surface area contributed by atoms with Crippen LogP contribution in [0.5, 0.6) is 0 Å². The van der Waals surface area contributed by atoms with Gasteiger partial charge in [-0.15, -0.1) is 23.1 Å². The second-order valence-electron chi connectivity index (χ2n) is 4.53. The highest BCUT2D eigenvalue weighted by molar-refractivity contribution is 9.10. The number of benzene rings is 1. The van der Waals surface area contributed by atoms with Gasteiger partial charge >= 0.3 is 0 Å². The first-order chi connectivity index (χ1) is 9.56. The summed E-state index contributed by atoms with van der Waals surface area (Å²) in [7, 11) is 1.86. The lowest BCUT2D eigenvalue weighted by Gasteiger charge is -2.16. The molecule has 0 atom stereocenters. The van der Waals surface area contributed by atoms with E-state index in [1.807, 2.05) is 24.6 Å². The molecule has 1 heterocycles. The first kappa shape index (κ1) is 15.6. The van der Waals surface area contributed by atoms with Gasteiger partial charge in [0.15, 0.2) is 0 Å². The number of thiophene rings is 1. The Hall–Kier alpha value is -0.780. The van der Waals surface area contributed by atoms with Crippen molar-refractivity contribution in [3.8, 4) is 0 Å². The van der Waals surface area contributed by atoms with Crippen LogP contribution in [0.2, 0.25) is 0 Å². The van der Waals surface area contributed by atoms with Gasteiger partial charge in [-0.25, -0.2) is 0 Å². The SMILES string of the molecule is Cc1cc(Br)ccc1SCC(=O)N(C)Cc1cccs1. The molecule has 0 radical (unpaired) electrons. The van der Waals surface area contributed by atoms with Crippen molar-refractivity contribution >= 4 is 44.9 Å². The smallest absolute Gasteiger partial charge is 0.233 e. The highest BCUT2D eigenvalue weighted by atomic mass is 79.9. The van der Waals surface area contributed by atoms with E-state index < -0.39 is 0 Å². The molecule has 0 fully saturated rings. The first-order valence-electron chi connectivity index (χ1n) is 6.21. The fourth-order valence-electron chi connectivity index (χ4n) is 1.75. The van der Waals surface area contributed by atoms with E-state index in [0.29, 0.717) is 12.3 Å². The fraction of sp³-hybridized carbons (Fsp3) is 0.267. The van der Waals surface area contributed by atoms with Crippen molar-refractivity contribution < 1.29 is 4.79 Å². The Morgan fingerprint density at radius 2 is 2.20 bits per heavy atom. The first-order valence-corrected chi connectivity index (χ1v) is 8.87. The lowest BCUT2D eigenvalue weighted by atomic mass is 10.2. The molecule has 0 saturated carbocycles. The molecule has 5 heteroatoms. The largest absolute Gasteiger partial charge is 0.340 e. The number of hydrogen-bond donors (Lipinski definition) is 0. The van der Waals surface area contributed by atoms with E-state index in [0.717, 1.165) is 9.37 Å². The molecule has 0 N–H and O–H groups in total. The van der Waals surface area contributed by atoms with Crippen molar-refractivity contribution in [1.29, 1.82) is 0 Å². The van der Waals surface area contributed by atoms with E-state index >= 15 is 0 Å². The Morgan fingerprint density at radius 3 is 2.85 bits per heavy atom. The van der Waals surface area contributed by atoms with Gasteiger partial charge in [-0.05, 0) is 42.1 Å². The van der Waals surface area contributed by atoms with Crippen molar-refractivity contribution in [3.63, 3.8) is 0 Å². The van der Waals surface area contributed by atoms with Crippen LogP contribution in [0, 0.1) is 6.92 Å². The van der Waals surface area contributed by atoms with E-state index in [2.05, 4.69) is 41.1 Å². The Morgan fingerprint density at radius 1 is 1.40 bits per heavy atom. The number of thioether (sulfide) groups is 1. The van der Waals surface area contributed by atoms with E-state index in [4.69, 9.17) is 0 Å². The van der Waals surface area contributed by atoms with Gasteiger partial charge in [0, 0.05) is 21.3 Å². The van der Waals surface area contributed by atoms with E-state index in [1.165, 1.54) is 10.4 Å². The fourth-order valence-corrected chi connectivity index (χ4v) is 3.93. The summed E-state index contributed by atoms with van der Waals surface area (Å²) in [6.45, 7) is 2.75. The maximum atomic E-state index is 12.1. The minimum absolute atomic E-state index is 0.158. The summed E-state index contributed by atoms with van der Waals surface area (Å²) >= 11 is 6.73. The molecule has 1 aromatic carbocycles. The van der Waals surface area contributed by atoms with Crippen LogP contribution in [0.1, 0.15) is 10.4 Å². The average Bonchev–Trinajstić information content (AvgIpc) is 2.90. The zero-order valence-corrected chi connectivity index (χ0v) is 14.6. The molecular formula is C15H16BrNOS2. The normalized spacial score (nSPS) is 10.6. The Kier molecular flexibility index (Phi) is 5.69. The quantitative estimate of drug-likeness (QED) is 0.719. The number of halogens is 1. The van der Waals surface area contributed by atoms with Crippen molar-refractivity contribution in [2.45, 2.75) is 18.4 Å². The second kappa shape index (κ2) is 7.29. The van der Waals surface area contributed by atoms with E-state index in [1.54, 1.807) is 28.0 Å². The lowest BCUT2D eigenvalue weighted by molar-refractivity contribution is -0.127. The summed E-state index contributed by atoms with van der Waals surface area (Å²) in [5.41, 5.74) is 1.19. The third-order valence-electron chi connectivity index (χ3n) is 2.89. The molecule has 106 valence electrons. The zero-order chi connectivity index (χ0) is 14.5. The summed E-state index contributed by atoms with van der Waals surface area (Å²) in [6.07, 6.45) is 0. The molecule has 0 spiro atoms. The van der Waals surface area contributed by atoms with Gasteiger partial charge in [-0.3, -0.25) is 4.79 Å². The Labute approximate surface area is 136 Å². The summed E-state index contributed by atoms with van der Waals surface area (Å²) < 4.78 is 1.07. The van der Waals surface area contributed by atoms with Crippen LogP contribution in [0.4, 0.5) is 0 Å². The van der Waals surface area contributed by atoms with Crippen molar-refractivity contribution in [2.24, 2.45) is 0 Å². The van der Waals surface area contributed by atoms with Gasteiger partial charge in [0.25, 0.3) is 0 Å². The molecule has 0 bridgehead atoms. The number of hydrogen-bond acceptors (Lipinski definition) is 3. The molecule has 0 aliphatic heterocycles. The highest BCUT2D eigenvalue weighted by Crippen LogP contribution is 2.25. The van der Waals surface area contributed by atoms with Crippen LogP contribution in [0.25, 0.3) is 0 Å². The molecule has 1 aromatic heterocycles. The Bertz CT molecular complexity index is 584. The van der Waals surface area contributed by atoms with Crippen LogP contribution < -0.4 is 0 Å². The molecule has 0 saturated heterocycles. The van der Waals surface area contributed by atoms with Crippen LogP contribution >= 0.6 is 39.0 Å². The Balaban J connectivity index is 1.88. The summed E-state index contributed by atoms with van der Waals surface area (Å²) in [6, 6.07) is 10.2. The van der Waals surface area contributed by atoms with Crippen LogP contribution in [0.15, 0.2) is 45.1 Å². The topological polar surface area (TPSA) is 20.3 Å². The maximum Gasteiger partial charge on any atom is 0.233 e. The van der Waals surface area contributed by atoms with Crippen molar-refractivity contribution in [1.82, 2.24) is 4.90 Å². The molecule has 0 aliphatic carbocycles. The predicted molar refractivity (Wildman–Crippen MR) is 90.4 cm³/mol. The zero-order valence-electron chi connectivity index (χ0n) is 11.4. The second-order valence-corrected chi connectivity index (χ2v) is 7.49. The maximum absolute atomic E-state index is 12.1. The molecule has 0 aliphatic rings. The minimum Gasteiger partial charge on any atom is -0.340 e. The van der Waals surface area contributed by atoms with Gasteiger partial charge < -0.3 is 4.90 Å². The summed E-state index contributed by atoms with van der Waals surface area (Å²) in [4.78, 5) is 16.3. The minimum atomic E-state index is 0.158. The van der Waals surface area contributed by atoms with Gasteiger partial charge in [0.2, 0.25) is 5.91 Å². The molecule has 2 aromatic rings. The standard InChI is InChI=1S/C15H16BrNOS2/c1-11-8-12(16)5-6-14(11)20-10-15(18)17(2)9-13-4-3-7-19-13/h3-8H,9-10H2,1-2H3. The van der Waals surface area contributed by atoms with Crippen LogP contribution in [-0.2, 0) is 11.3 Å². The lowest BCUT2D eigenvalue weighted by Crippen LogP contribution is -2.27. The van der Waals surface area contributed by atoms with Crippen molar-refractivity contribution in [2.75, 3.05) is 12.8 Å². The molecule has 2 rings (SSSR count). The molecular weight excluding hydrogens is 354 g/mol. The number of carbonyl (C=O) groups is 1. The number of rotatable bonds is 5. The number of aryl methyl sites for hydroxylation is 1. The number of nitrogens with zero attached hydrogens (tertiary/aromatic N) is 1. The van der Waals surface area contributed by atoms with E-state index in [9.17, 15) is 4.79 Å². The molecule has 1 amide bonds. The number of amides is 1. The van der Waals surface area contributed by atoms with Gasteiger partial charge in [-0.1, -0.05) is 22.0 Å².